The molecule has 1 rings (SSSR count). The number of amides is 1. The van der Waals surface area contributed by atoms with Crippen molar-refractivity contribution in [2.75, 3.05) is 0 Å². The van der Waals surface area contributed by atoms with Gasteiger partial charge in [-0.15, -0.1) is 0 Å². The van der Waals surface area contributed by atoms with E-state index in [-0.39, 0.29) is 0 Å². The van der Waals surface area contributed by atoms with Gasteiger partial charge in [-0.25, -0.2) is 4.98 Å². The van der Waals surface area contributed by atoms with Crippen molar-refractivity contribution in [1.29, 1.82) is 0 Å². The van der Waals surface area contributed by atoms with E-state index in [0.717, 1.165) is 0 Å². The van der Waals surface area contributed by atoms with Gasteiger partial charge in [-0.05, 0) is 0 Å². The van der Waals surface area contributed by atoms with Gasteiger partial charge in [0.25, 0.3) is 0 Å². The zero-order valence-corrected chi connectivity index (χ0v) is 5.22. The highest BCUT2D eigenvalue weighted by Crippen LogP contribution is 2.11. The Morgan fingerprint density at radius 2 is 2.78 bits per heavy atom. The molecule has 0 fully saturated rings. The van der Waals surface area contributed by atoms with Gasteiger partial charge in [0.15, 0.2) is 0 Å². The zero-order valence-electron chi connectivity index (χ0n) is 4.40. The van der Waals surface area contributed by atoms with E-state index in [0.29, 0.717) is 11.6 Å². The third kappa shape index (κ3) is 1.69. The van der Waals surface area contributed by atoms with Gasteiger partial charge >= 0.3 is 5.19 Å². The first-order valence-corrected chi connectivity index (χ1v) is 3.07. The fourth-order valence-corrected chi connectivity index (χ4v) is 0.791. The molecule has 1 aromatic heterocycles. The molecule has 1 heterocycles. The van der Waals surface area contributed by atoms with Gasteiger partial charge in [0.1, 0.15) is 0 Å². The maximum Gasteiger partial charge on any atom is 0.302 e. The summed E-state index contributed by atoms with van der Waals surface area (Å²) in [5.74, 6) is 0. The molecule has 9 heavy (non-hydrogen) atoms. The molecule has 0 saturated carbocycles. The number of nitrogens with one attached hydrogen (secondary N) is 1. The molecule has 0 bridgehead atoms. The lowest BCUT2D eigenvalue weighted by Crippen LogP contribution is -2.14. The Balaban J connectivity index is 2.38. The second-order valence-corrected chi connectivity index (χ2v) is 1.99. The zero-order chi connectivity index (χ0) is 6.53. The predicted octanol–water partition coefficient (Wildman–Crippen LogP) is 0.183. The number of hydrogen-bond donors (Lipinski definition) is 1. The normalized spacial score (nSPS) is 8.44. The van der Waals surface area contributed by atoms with Crippen LogP contribution in [0.25, 0.3) is 0 Å². The van der Waals surface area contributed by atoms with Crippen LogP contribution >= 0.6 is 11.3 Å². The molecule has 0 radical (unpaired) electrons. The van der Waals surface area contributed by atoms with Gasteiger partial charge in [0.2, 0.25) is 6.41 Å². The van der Waals surface area contributed by atoms with Crippen molar-refractivity contribution in [3.05, 3.63) is 11.6 Å². The number of carbonyl (C=O) groups excluding carboxylic acids is 1. The van der Waals surface area contributed by atoms with E-state index in [2.05, 4.69) is 9.82 Å². The predicted molar refractivity (Wildman–Crippen MR) is 31.9 cm³/mol. The van der Waals surface area contributed by atoms with Crippen molar-refractivity contribution in [3.63, 3.8) is 0 Å². The van der Waals surface area contributed by atoms with E-state index >= 15 is 0 Å². The number of rotatable bonds is 3. The van der Waals surface area contributed by atoms with Crippen molar-refractivity contribution in [1.82, 2.24) is 10.5 Å². The molecule has 0 aliphatic rings. The number of thiazole rings is 1. The lowest BCUT2D eigenvalue weighted by molar-refractivity contribution is -0.115. The van der Waals surface area contributed by atoms with Gasteiger partial charge in [0.05, 0.1) is 0 Å². The number of hydrogen-bond acceptors (Lipinski definition) is 4. The molecule has 48 valence electrons. The molecule has 0 aromatic carbocycles. The largest absolute Gasteiger partial charge is 0.348 e. The molecular weight excluding hydrogens is 140 g/mol. The average molecular weight is 144 g/mol. The van der Waals surface area contributed by atoms with Crippen molar-refractivity contribution < 1.29 is 9.63 Å². The quantitative estimate of drug-likeness (QED) is 0.486. The van der Waals surface area contributed by atoms with E-state index in [9.17, 15) is 4.79 Å². The van der Waals surface area contributed by atoms with E-state index < -0.39 is 0 Å². The van der Waals surface area contributed by atoms with Crippen LogP contribution < -0.4 is 10.3 Å². The Morgan fingerprint density at radius 1 is 1.89 bits per heavy atom. The van der Waals surface area contributed by atoms with Crippen LogP contribution in [-0.4, -0.2) is 11.4 Å². The Hall–Kier alpha value is -1.10. The third-order valence-corrected chi connectivity index (χ3v) is 1.25. The van der Waals surface area contributed by atoms with Crippen molar-refractivity contribution in [3.8, 4) is 5.19 Å². The Labute approximate surface area is 55.4 Å². The van der Waals surface area contributed by atoms with Crippen LogP contribution in [0.3, 0.4) is 0 Å². The fraction of sp³-hybridized carbons (Fsp3) is 0. The first-order valence-electron chi connectivity index (χ1n) is 2.19. The monoisotopic (exact) mass is 144 g/mol. The van der Waals surface area contributed by atoms with Gasteiger partial charge in [0, 0.05) is 11.6 Å². The average Bonchev–Trinajstić information content (AvgIpc) is 2.34. The minimum atomic E-state index is 0.433. The number of aromatic nitrogens is 1. The summed E-state index contributed by atoms with van der Waals surface area (Å²) in [4.78, 5) is 18.0. The SMILES string of the molecule is O=CNOc1nccs1. The van der Waals surface area contributed by atoms with Crippen molar-refractivity contribution in [2.24, 2.45) is 0 Å². The molecule has 1 amide bonds. The van der Waals surface area contributed by atoms with Crippen LogP contribution in [-0.2, 0) is 4.79 Å². The summed E-state index contributed by atoms with van der Waals surface area (Å²) in [7, 11) is 0. The molecule has 5 heteroatoms. The molecule has 0 saturated heterocycles. The molecule has 0 aliphatic carbocycles. The van der Waals surface area contributed by atoms with Crippen molar-refractivity contribution >= 4 is 17.7 Å². The lowest BCUT2D eigenvalue weighted by atomic mass is 11.0. The lowest BCUT2D eigenvalue weighted by Gasteiger charge is -1.92. The smallest absolute Gasteiger partial charge is 0.302 e. The minimum Gasteiger partial charge on any atom is -0.348 e. The Morgan fingerprint density at radius 3 is 3.33 bits per heavy atom. The maximum atomic E-state index is 9.64. The maximum absolute atomic E-state index is 9.64. The van der Waals surface area contributed by atoms with Gasteiger partial charge in [-0.2, -0.15) is 5.48 Å². The fourth-order valence-electron chi connectivity index (χ4n) is 0.335. The Bertz CT molecular complexity index is 175. The highest BCUT2D eigenvalue weighted by Gasteiger charge is 1.90. The third-order valence-electron chi connectivity index (χ3n) is 0.604. The summed E-state index contributed by atoms with van der Waals surface area (Å²) >= 11 is 1.31. The molecular formula is C4H4N2O2S. The van der Waals surface area contributed by atoms with Crippen LogP contribution in [0.15, 0.2) is 11.6 Å². The molecule has 0 aliphatic heterocycles. The minimum absolute atomic E-state index is 0.433. The summed E-state index contributed by atoms with van der Waals surface area (Å²) in [5, 5.41) is 2.18. The van der Waals surface area contributed by atoms with E-state index in [1.165, 1.54) is 11.3 Å². The summed E-state index contributed by atoms with van der Waals surface area (Å²) in [5.41, 5.74) is 2.02. The highest BCUT2D eigenvalue weighted by atomic mass is 32.1. The van der Waals surface area contributed by atoms with Gasteiger partial charge in [-0.1, -0.05) is 11.3 Å². The summed E-state index contributed by atoms with van der Waals surface area (Å²) in [6.45, 7) is 0. The molecule has 1 N–H and O–H groups in total. The summed E-state index contributed by atoms with van der Waals surface area (Å²) < 4.78 is 0. The summed E-state index contributed by atoms with van der Waals surface area (Å²) in [6.07, 6.45) is 2.04. The number of nitrogens with zero attached hydrogens (tertiary/aromatic N) is 1. The molecule has 0 unspecified atom stereocenters. The first kappa shape index (κ1) is 6.03. The molecule has 1 aromatic rings. The number of carbonyl (C=O) groups is 1. The van der Waals surface area contributed by atoms with Gasteiger partial charge < -0.3 is 4.84 Å². The van der Waals surface area contributed by atoms with Gasteiger partial charge in [-0.3, -0.25) is 4.79 Å². The van der Waals surface area contributed by atoms with Crippen LogP contribution in [0, 0.1) is 0 Å². The van der Waals surface area contributed by atoms with E-state index in [4.69, 9.17) is 0 Å². The second-order valence-electron chi connectivity index (χ2n) is 1.14. The number of hydroxylamine groups is 1. The second kappa shape index (κ2) is 3.03. The molecule has 0 atom stereocenters. The molecule has 4 nitrogen and oxygen atoms in total. The van der Waals surface area contributed by atoms with Crippen LogP contribution in [0.2, 0.25) is 0 Å². The molecule has 0 spiro atoms. The standard InChI is InChI=1S/C4H4N2O2S/c7-3-6-8-4-5-1-2-9-4/h1-3H,(H,6,7). The van der Waals surface area contributed by atoms with Crippen LogP contribution in [0.5, 0.6) is 5.19 Å². The highest BCUT2D eigenvalue weighted by molar-refractivity contribution is 7.11. The topological polar surface area (TPSA) is 51.2 Å². The van der Waals surface area contributed by atoms with Crippen LogP contribution in [0.4, 0.5) is 0 Å². The van der Waals surface area contributed by atoms with Crippen LogP contribution in [0.1, 0.15) is 0 Å². The first-order chi connectivity index (χ1) is 4.43. The van der Waals surface area contributed by atoms with E-state index in [1.54, 1.807) is 11.6 Å². The van der Waals surface area contributed by atoms with Crippen molar-refractivity contribution in [2.45, 2.75) is 0 Å². The Kier molecular flexibility index (Phi) is 2.03. The van der Waals surface area contributed by atoms with E-state index in [1.807, 2.05) is 5.48 Å². The summed E-state index contributed by atoms with van der Waals surface area (Å²) in [6, 6.07) is 0.